The minimum Gasteiger partial charge on any atom is -0.443 e. The second kappa shape index (κ2) is 6.46. The lowest BCUT2D eigenvalue weighted by Gasteiger charge is -2.00. The Hall–Kier alpha value is -3.03. The summed E-state index contributed by atoms with van der Waals surface area (Å²) in [6, 6.07) is 2.65. The van der Waals surface area contributed by atoms with E-state index in [0.717, 1.165) is 11.4 Å². The van der Waals surface area contributed by atoms with Gasteiger partial charge in [-0.3, -0.25) is 10.1 Å². The van der Waals surface area contributed by atoms with Crippen LogP contribution in [0.2, 0.25) is 0 Å². The molecule has 130 valence electrons. The van der Waals surface area contributed by atoms with Crippen molar-refractivity contribution < 1.29 is 13.8 Å². The van der Waals surface area contributed by atoms with E-state index in [-0.39, 0.29) is 40.7 Å². The summed E-state index contributed by atoms with van der Waals surface area (Å²) in [5, 5.41) is 11.3. The predicted octanol–water partition coefficient (Wildman–Crippen LogP) is 4.55. The standard InChI is InChI=1S/C17H18N4O4/c1-9(2)14-7-24-16(19-14)12-5-11(21(22)23)6-13(18-12)17-20-15(8-25-17)10(3)4/h5-10H,1-4H3. The van der Waals surface area contributed by atoms with E-state index in [4.69, 9.17) is 8.83 Å². The van der Waals surface area contributed by atoms with Gasteiger partial charge in [0, 0.05) is 12.1 Å². The molecule has 0 amide bonds. The zero-order chi connectivity index (χ0) is 18.1. The molecule has 0 atom stereocenters. The van der Waals surface area contributed by atoms with E-state index in [2.05, 4.69) is 15.0 Å². The molecule has 0 aliphatic heterocycles. The van der Waals surface area contributed by atoms with E-state index in [1.54, 1.807) is 0 Å². The topological polar surface area (TPSA) is 108 Å². The largest absolute Gasteiger partial charge is 0.443 e. The van der Waals surface area contributed by atoms with Crippen LogP contribution in [-0.4, -0.2) is 19.9 Å². The highest BCUT2D eigenvalue weighted by Crippen LogP contribution is 2.29. The van der Waals surface area contributed by atoms with E-state index in [1.165, 1.54) is 24.7 Å². The Bertz CT molecular complexity index is 847. The maximum Gasteiger partial charge on any atom is 0.274 e. The van der Waals surface area contributed by atoms with Crippen LogP contribution in [0.3, 0.4) is 0 Å². The van der Waals surface area contributed by atoms with Crippen molar-refractivity contribution in [2.24, 2.45) is 0 Å². The Morgan fingerprint density at radius 2 is 1.32 bits per heavy atom. The van der Waals surface area contributed by atoms with Gasteiger partial charge in [0.1, 0.15) is 23.9 Å². The quantitative estimate of drug-likeness (QED) is 0.494. The summed E-state index contributed by atoms with van der Waals surface area (Å²) < 4.78 is 10.9. The summed E-state index contributed by atoms with van der Waals surface area (Å²) >= 11 is 0. The minimum absolute atomic E-state index is 0.131. The van der Waals surface area contributed by atoms with Gasteiger partial charge in [0.2, 0.25) is 11.8 Å². The van der Waals surface area contributed by atoms with Crippen LogP contribution < -0.4 is 0 Å². The van der Waals surface area contributed by atoms with E-state index < -0.39 is 4.92 Å². The third-order valence-corrected chi connectivity index (χ3v) is 3.69. The predicted molar refractivity (Wildman–Crippen MR) is 90.1 cm³/mol. The van der Waals surface area contributed by atoms with Crippen LogP contribution in [-0.2, 0) is 0 Å². The van der Waals surface area contributed by atoms with Crippen LogP contribution in [0.4, 0.5) is 5.69 Å². The molecule has 3 rings (SSSR count). The lowest BCUT2D eigenvalue weighted by Crippen LogP contribution is -1.96. The highest BCUT2D eigenvalue weighted by molar-refractivity contribution is 5.61. The van der Waals surface area contributed by atoms with Crippen molar-refractivity contribution in [3.63, 3.8) is 0 Å². The first-order valence-electron chi connectivity index (χ1n) is 7.93. The second-order valence-corrected chi connectivity index (χ2v) is 6.32. The molecule has 0 aliphatic carbocycles. The van der Waals surface area contributed by atoms with Gasteiger partial charge in [-0.2, -0.15) is 0 Å². The van der Waals surface area contributed by atoms with Gasteiger partial charge in [0.05, 0.1) is 16.3 Å². The number of nitro groups is 1. The van der Waals surface area contributed by atoms with Crippen LogP contribution >= 0.6 is 0 Å². The molecule has 0 unspecified atom stereocenters. The minimum atomic E-state index is -0.493. The summed E-state index contributed by atoms with van der Waals surface area (Å²) in [7, 11) is 0. The third-order valence-electron chi connectivity index (χ3n) is 3.69. The lowest BCUT2D eigenvalue weighted by atomic mass is 10.2. The molecule has 3 heterocycles. The fourth-order valence-electron chi connectivity index (χ4n) is 2.18. The van der Waals surface area contributed by atoms with Crippen molar-refractivity contribution in [1.82, 2.24) is 15.0 Å². The molecular weight excluding hydrogens is 324 g/mol. The summed E-state index contributed by atoms with van der Waals surface area (Å²) in [6.45, 7) is 7.92. The number of nitrogens with zero attached hydrogens (tertiary/aromatic N) is 4. The summed E-state index contributed by atoms with van der Waals surface area (Å²) in [5.41, 5.74) is 1.90. The zero-order valence-electron chi connectivity index (χ0n) is 14.4. The van der Waals surface area contributed by atoms with Gasteiger partial charge < -0.3 is 8.83 Å². The van der Waals surface area contributed by atoms with Crippen molar-refractivity contribution in [2.45, 2.75) is 39.5 Å². The number of oxazole rings is 2. The van der Waals surface area contributed by atoms with E-state index in [1.807, 2.05) is 27.7 Å². The number of pyridine rings is 1. The molecule has 0 fully saturated rings. The van der Waals surface area contributed by atoms with Gasteiger partial charge >= 0.3 is 0 Å². The van der Waals surface area contributed by atoms with Gasteiger partial charge in [-0.15, -0.1) is 0 Å². The first-order valence-corrected chi connectivity index (χ1v) is 7.93. The van der Waals surface area contributed by atoms with E-state index in [9.17, 15) is 10.1 Å². The molecule has 0 spiro atoms. The van der Waals surface area contributed by atoms with Crippen molar-refractivity contribution in [2.75, 3.05) is 0 Å². The normalized spacial score (nSPS) is 11.4. The first kappa shape index (κ1) is 16.8. The van der Waals surface area contributed by atoms with Crippen molar-refractivity contribution >= 4 is 5.69 Å². The average molecular weight is 342 g/mol. The van der Waals surface area contributed by atoms with Crippen LogP contribution in [0.15, 0.2) is 33.5 Å². The number of hydrogen-bond acceptors (Lipinski definition) is 7. The Balaban J connectivity index is 2.09. The number of hydrogen-bond donors (Lipinski definition) is 0. The van der Waals surface area contributed by atoms with Crippen molar-refractivity contribution in [3.8, 4) is 23.2 Å². The summed E-state index contributed by atoms with van der Waals surface area (Å²) in [5.74, 6) is 0.806. The lowest BCUT2D eigenvalue weighted by molar-refractivity contribution is -0.384. The molecule has 25 heavy (non-hydrogen) atoms. The van der Waals surface area contributed by atoms with Gasteiger partial charge in [-0.25, -0.2) is 15.0 Å². The highest BCUT2D eigenvalue weighted by atomic mass is 16.6. The molecule has 8 heteroatoms. The van der Waals surface area contributed by atoms with Gasteiger partial charge in [-0.1, -0.05) is 27.7 Å². The average Bonchev–Trinajstić information content (AvgIpc) is 3.24. The highest BCUT2D eigenvalue weighted by Gasteiger charge is 2.20. The third kappa shape index (κ3) is 3.42. The molecule has 0 saturated heterocycles. The molecule has 8 nitrogen and oxygen atoms in total. The maximum atomic E-state index is 11.3. The van der Waals surface area contributed by atoms with Crippen molar-refractivity contribution in [1.29, 1.82) is 0 Å². The molecular formula is C17H18N4O4. The molecule has 0 saturated carbocycles. The molecule has 3 aromatic heterocycles. The molecule has 0 radical (unpaired) electrons. The zero-order valence-corrected chi connectivity index (χ0v) is 14.4. The van der Waals surface area contributed by atoms with Gasteiger partial charge in [0.15, 0.2) is 0 Å². The fourth-order valence-corrected chi connectivity index (χ4v) is 2.18. The fraction of sp³-hybridized carbons (Fsp3) is 0.353. The van der Waals surface area contributed by atoms with Gasteiger partial charge in [0.25, 0.3) is 5.69 Å². The Morgan fingerprint density at radius 3 is 1.64 bits per heavy atom. The summed E-state index contributed by atoms with van der Waals surface area (Å²) in [6.07, 6.45) is 3.06. The Kier molecular flexibility index (Phi) is 4.35. The molecule has 3 aromatic rings. The molecule has 0 aliphatic rings. The van der Waals surface area contributed by atoms with Gasteiger partial charge in [-0.05, 0) is 11.8 Å². The van der Waals surface area contributed by atoms with Crippen LogP contribution in [0.5, 0.6) is 0 Å². The molecule has 0 bridgehead atoms. The molecule has 0 N–H and O–H groups in total. The van der Waals surface area contributed by atoms with Crippen molar-refractivity contribution in [3.05, 3.63) is 46.2 Å². The maximum absolute atomic E-state index is 11.3. The number of aromatic nitrogens is 3. The first-order chi connectivity index (χ1) is 11.8. The van der Waals surface area contributed by atoms with Crippen LogP contribution in [0.1, 0.15) is 50.9 Å². The Labute approximate surface area is 144 Å². The monoisotopic (exact) mass is 342 g/mol. The van der Waals surface area contributed by atoms with E-state index in [0.29, 0.717) is 0 Å². The second-order valence-electron chi connectivity index (χ2n) is 6.32. The van der Waals surface area contributed by atoms with Crippen LogP contribution in [0, 0.1) is 10.1 Å². The smallest absolute Gasteiger partial charge is 0.274 e. The SMILES string of the molecule is CC(C)c1coc(-c2cc([N+](=O)[O-])cc(-c3nc(C(C)C)co3)n2)n1. The molecule has 0 aromatic carbocycles. The van der Waals surface area contributed by atoms with E-state index >= 15 is 0 Å². The summed E-state index contributed by atoms with van der Waals surface area (Å²) in [4.78, 5) is 23.9. The van der Waals surface area contributed by atoms with Crippen LogP contribution in [0.25, 0.3) is 23.2 Å². The number of rotatable bonds is 5. The Morgan fingerprint density at radius 1 is 0.880 bits per heavy atom.